The minimum absolute atomic E-state index is 0.0320. The fraction of sp³-hybridized carbons (Fsp3) is 0.154. The SMILES string of the molecule is Cc1cc(Cl)c([N+](=O)[O-])cc1Oc1ccc2nnc(C(F)(F)F)n2n1. The highest BCUT2D eigenvalue weighted by molar-refractivity contribution is 6.32. The quantitative estimate of drug-likeness (QED) is 0.511. The van der Waals surface area contributed by atoms with Gasteiger partial charge in [-0.05, 0) is 24.6 Å². The second-order valence-corrected chi connectivity index (χ2v) is 5.30. The Bertz CT molecular complexity index is 989. The van der Waals surface area contributed by atoms with Crippen LogP contribution in [0.25, 0.3) is 5.65 Å². The van der Waals surface area contributed by atoms with Crippen molar-refractivity contribution in [1.82, 2.24) is 19.8 Å². The van der Waals surface area contributed by atoms with Gasteiger partial charge >= 0.3 is 6.18 Å². The van der Waals surface area contributed by atoms with Crippen LogP contribution in [0.15, 0.2) is 24.3 Å². The Morgan fingerprint density at radius 3 is 2.64 bits per heavy atom. The normalized spacial score (nSPS) is 11.7. The van der Waals surface area contributed by atoms with Crippen molar-refractivity contribution in [3.8, 4) is 11.6 Å². The fourth-order valence-corrected chi connectivity index (χ4v) is 2.30. The number of nitro groups is 1. The van der Waals surface area contributed by atoms with E-state index >= 15 is 0 Å². The van der Waals surface area contributed by atoms with Crippen molar-refractivity contribution in [3.05, 3.63) is 50.8 Å². The zero-order valence-electron chi connectivity index (χ0n) is 12.3. The summed E-state index contributed by atoms with van der Waals surface area (Å²) in [6.45, 7) is 1.57. The molecule has 0 saturated heterocycles. The summed E-state index contributed by atoms with van der Waals surface area (Å²) in [5.41, 5.74) is -0.0839. The molecule has 8 nitrogen and oxygen atoms in total. The molecule has 3 aromatic rings. The number of nitrogens with zero attached hydrogens (tertiary/aromatic N) is 5. The van der Waals surface area contributed by atoms with Crippen molar-refractivity contribution in [3.63, 3.8) is 0 Å². The van der Waals surface area contributed by atoms with Crippen molar-refractivity contribution >= 4 is 22.9 Å². The second kappa shape index (κ2) is 5.84. The fourth-order valence-electron chi connectivity index (χ4n) is 2.01. The largest absolute Gasteiger partial charge is 0.453 e. The summed E-state index contributed by atoms with van der Waals surface area (Å²) < 4.78 is 44.5. The number of rotatable bonds is 3. The third-order valence-electron chi connectivity index (χ3n) is 3.15. The lowest BCUT2D eigenvalue weighted by Gasteiger charge is -2.09. The smallest absolute Gasteiger partial charge is 0.437 e. The summed E-state index contributed by atoms with van der Waals surface area (Å²) in [7, 11) is 0. The van der Waals surface area contributed by atoms with Gasteiger partial charge in [0.25, 0.3) is 11.5 Å². The molecule has 0 atom stereocenters. The summed E-state index contributed by atoms with van der Waals surface area (Å²) in [5.74, 6) is -1.51. The Balaban J connectivity index is 2.04. The molecule has 12 heteroatoms. The Hall–Kier alpha value is -2.95. The molecule has 0 amide bonds. The maximum atomic E-state index is 12.9. The van der Waals surface area contributed by atoms with E-state index in [0.717, 1.165) is 6.07 Å². The molecule has 0 unspecified atom stereocenters. The molecule has 2 heterocycles. The van der Waals surface area contributed by atoms with Gasteiger partial charge in [0.1, 0.15) is 10.8 Å². The Morgan fingerprint density at radius 2 is 2.00 bits per heavy atom. The lowest BCUT2D eigenvalue weighted by molar-refractivity contribution is -0.384. The molecule has 0 bridgehead atoms. The number of fused-ring (bicyclic) bond motifs is 1. The summed E-state index contributed by atoms with van der Waals surface area (Å²) in [5, 5.41) is 20.9. The molecule has 1 aromatic carbocycles. The van der Waals surface area contributed by atoms with Crippen molar-refractivity contribution in [2.45, 2.75) is 13.1 Å². The van der Waals surface area contributed by atoms with Gasteiger partial charge in [-0.2, -0.15) is 17.7 Å². The highest BCUT2D eigenvalue weighted by atomic mass is 35.5. The van der Waals surface area contributed by atoms with Gasteiger partial charge in [-0.3, -0.25) is 10.1 Å². The molecule has 0 radical (unpaired) electrons. The van der Waals surface area contributed by atoms with Crippen molar-refractivity contribution < 1.29 is 22.8 Å². The molecule has 25 heavy (non-hydrogen) atoms. The average molecular weight is 374 g/mol. The molecule has 0 aliphatic rings. The van der Waals surface area contributed by atoms with Gasteiger partial charge < -0.3 is 4.74 Å². The number of benzene rings is 1. The molecule has 2 aromatic heterocycles. The number of nitro benzene ring substituents is 1. The standard InChI is InChI=1S/C13H7ClF3N5O3/c1-6-4-7(14)8(22(23)24)5-9(6)25-11-3-2-10-18-19-12(13(15,16)17)21(10)20-11/h2-5H,1H3. The number of aryl methyl sites for hydroxylation is 1. The van der Waals surface area contributed by atoms with E-state index in [4.69, 9.17) is 16.3 Å². The molecule has 0 N–H and O–H groups in total. The number of halogens is 4. The van der Waals surface area contributed by atoms with Crippen LogP contribution in [0.2, 0.25) is 5.02 Å². The zero-order valence-corrected chi connectivity index (χ0v) is 13.0. The first-order valence-corrected chi connectivity index (χ1v) is 6.96. The number of alkyl halides is 3. The lowest BCUT2D eigenvalue weighted by atomic mass is 10.2. The summed E-state index contributed by atoms with van der Waals surface area (Å²) in [4.78, 5) is 10.2. The summed E-state index contributed by atoms with van der Waals surface area (Å²) in [6.07, 6.45) is -4.75. The number of hydrogen-bond donors (Lipinski definition) is 0. The van der Waals surface area contributed by atoms with E-state index < -0.39 is 22.6 Å². The molecule has 130 valence electrons. The van der Waals surface area contributed by atoms with E-state index in [1.54, 1.807) is 6.92 Å². The van der Waals surface area contributed by atoms with Gasteiger partial charge in [-0.25, -0.2) is 0 Å². The lowest BCUT2D eigenvalue weighted by Crippen LogP contribution is -2.12. The highest BCUT2D eigenvalue weighted by Crippen LogP contribution is 2.34. The molecular weight excluding hydrogens is 367 g/mol. The number of ether oxygens (including phenoxy) is 1. The van der Waals surface area contributed by atoms with Gasteiger partial charge in [0, 0.05) is 6.07 Å². The van der Waals surface area contributed by atoms with Crippen LogP contribution in [0, 0.1) is 17.0 Å². The summed E-state index contributed by atoms with van der Waals surface area (Å²) >= 11 is 5.78. The van der Waals surface area contributed by atoms with Crippen molar-refractivity contribution in [1.29, 1.82) is 0 Å². The van der Waals surface area contributed by atoms with Gasteiger partial charge in [-0.15, -0.1) is 15.3 Å². The van der Waals surface area contributed by atoms with E-state index in [0.29, 0.717) is 10.1 Å². The van der Waals surface area contributed by atoms with Crippen LogP contribution in [0.4, 0.5) is 18.9 Å². The number of aromatic nitrogens is 4. The van der Waals surface area contributed by atoms with E-state index in [9.17, 15) is 23.3 Å². The first-order chi connectivity index (χ1) is 11.7. The van der Waals surface area contributed by atoms with Crippen LogP contribution in [-0.2, 0) is 6.18 Å². The van der Waals surface area contributed by atoms with Crippen LogP contribution in [0.1, 0.15) is 11.4 Å². The zero-order chi connectivity index (χ0) is 18.4. The molecule has 0 aliphatic heterocycles. The first-order valence-electron chi connectivity index (χ1n) is 6.59. The third kappa shape index (κ3) is 3.18. The van der Waals surface area contributed by atoms with Gasteiger partial charge in [0.05, 0.1) is 11.0 Å². The van der Waals surface area contributed by atoms with Crippen LogP contribution in [-0.4, -0.2) is 24.7 Å². The molecule has 0 aliphatic carbocycles. The van der Waals surface area contributed by atoms with Gasteiger partial charge in [-0.1, -0.05) is 11.6 Å². The molecule has 0 spiro atoms. The molecule has 3 rings (SSSR count). The maximum Gasteiger partial charge on any atom is 0.453 e. The highest BCUT2D eigenvalue weighted by Gasteiger charge is 2.37. The Labute approximate surface area is 141 Å². The molecular formula is C13H7ClF3N5O3. The minimum atomic E-state index is -4.75. The van der Waals surface area contributed by atoms with Gasteiger partial charge in [0.15, 0.2) is 5.65 Å². The Kier molecular flexibility index (Phi) is 3.95. The van der Waals surface area contributed by atoms with E-state index in [-0.39, 0.29) is 22.3 Å². The molecule has 0 fully saturated rings. The summed E-state index contributed by atoms with van der Waals surface area (Å²) in [6, 6.07) is 4.88. The second-order valence-electron chi connectivity index (χ2n) is 4.89. The Morgan fingerprint density at radius 1 is 1.28 bits per heavy atom. The molecule has 0 saturated carbocycles. The van der Waals surface area contributed by atoms with E-state index in [1.165, 1.54) is 18.2 Å². The van der Waals surface area contributed by atoms with Crippen LogP contribution < -0.4 is 4.74 Å². The first kappa shape index (κ1) is 16.9. The monoisotopic (exact) mass is 373 g/mol. The minimum Gasteiger partial charge on any atom is -0.437 e. The van der Waals surface area contributed by atoms with Crippen molar-refractivity contribution in [2.24, 2.45) is 0 Å². The third-order valence-corrected chi connectivity index (χ3v) is 3.45. The van der Waals surface area contributed by atoms with Crippen LogP contribution >= 0.6 is 11.6 Å². The number of hydrogen-bond acceptors (Lipinski definition) is 6. The average Bonchev–Trinajstić information content (AvgIpc) is 2.92. The predicted octanol–water partition coefficient (Wildman–Crippen LogP) is 3.81. The predicted molar refractivity (Wildman–Crippen MR) is 78.7 cm³/mol. The van der Waals surface area contributed by atoms with E-state index in [1.807, 2.05) is 0 Å². The van der Waals surface area contributed by atoms with E-state index in [2.05, 4.69) is 15.3 Å². The van der Waals surface area contributed by atoms with Crippen LogP contribution in [0.5, 0.6) is 11.6 Å². The van der Waals surface area contributed by atoms with Gasteiger partial charge in [0.2, 0.25) is 5.88 Å². The van der Waals surface area contributed by atoms with Crippen molar-refractivity contribution in [2.75, 3.05) is 0 Å². The van der Waals surface area contributed by atoms with Crippen LogP contribution in [0.3, 0.4) is 0 Å². The topological polar surface area (TPSA) is 95.5 Å². The maximum absolute atomic E-state index is 12.9.